The third-order valence-corrected chi connectivity index (χ3v) is 4.55. The molecule has 2 unspecified atom stereocenters. The Hall–Kier alpha value is -0.910. The number of hydrogen-bond donors (Lipinski definition) is 0. The summed E-state index contributed by atoms with van der Waals surface area (Å²) in [5.41, 5.74) is 0. The van der Waals surface area contributed by atoms with Crippen LogP contribution in [0.5, 0.6) is 0 Å². The quantitative estimate of drug-likeness (QED) is 0.836. The Morgan fingerprint density at radius 3 is 2.39 bits per heavy atom. The molecule has 0 radical (unpaired) electrons. The van der Waals surface area contributed by atoms with Crippen molar-refractivity contribution in [2.24, 2.45) is 0 Å². The number of aryl methyl sites for hydroxylation is 1. The molecule has 1 fully saturated rings. The average molecular weight is 269 g/mol. The Morgan fingerprint density at radius 2 is 1.94 bits per heavy atom. The van der Waals surface area contributed by atoms with Crippen LogP contribution in [0, 0.1) is 0 Å². The third-order valence-electron chi connectivity index (χ3n) is 3.33. The lowest BCUT2D eigenvalue weighted by molar-refractivity contribution is -0.00461. The first-order valence-electron chi connectivity index (χ1n) is 6.13. The molecule has 2 heterocycles. The molecule has 4 nitrogen and oxygen atoms in total. The molecule has 0 saturated carbocycles. The summed E-state index contributed by atoms with van der Waals surface area (Å²) in [6.45, 7) is 3.30. The summed E-state index contributed by atoms with van der Waals surface area (Å²) in [6.07, 6.45) is 0.924. The SMILES string of the molecule is CCc1ccc(C(=O)N2CC(OC)C(OC)C2)s1. The highest BCUT2D eigenvalue weighted by Crippen LogP contribution is 2.23. The minimum Gasteiger partial charge on any atom is -0.377 e. The van der Waals surface area contributed by atoms with Gasteiger partial charge in [-0.1, -0.05) is 6.92 Å². The highest BCUT2D eigenvalue weighted by molar-refractivity contribution is 7.14. The summed E-state index contributed by atoms with van der Waals surface area (Å²) in [5, 5.41) is 0. The number of amides is 1. The van der Waals surface area contributed by atoms with Gasteiger partial charge < -0.3 is 14.4 Å². The monoisotopic (exact) mass is 269 g/mol. The van der Waals surface area contributed by atoms with Crippen LogP contribution in [-0.2, 0) is 15.9 Å². The minimum atomic E-state index is -0.0236. The smallest absolute Gasteiger partial charge is 0.264 e. The normalized spacial score (nSPS) is 23.6. The highest BCUT2D eigenvalue weighted by Gasteiger charge is 2.36. The van der Waals surface area contributed by atoms with Crippen LogP contribution in [0.15, 0.2) is 12.1 Å². The molecule has 1 aromatic heterocycles. The molecule has 5 heteroatoms. The van der Waals surface area contributed by atoms with Gasteiger partial charge >= 0.3 is 0 Å². The van der Waals surface area contributed by atoms with Gasteiger partial charge in [0.1, 0.15) is 12.2 Å². The maximum atomic E-state index is 12.3. The summed E-state index contributed by atoms with van der Waals surface area (Å²) in [5.74, 6) is 0.0845. The fourth-order valence-electron chi connectivity index (χ4n) is 2.20. The largest absolute Gasteiger partial charge is 0.377 e. The van der Waals surface area contributed by atoms with Gasteiger partial charge in [-0.3, -0.25) is 4.79 Å². The summed E-state index contributed by atoms with van der Waals surface area (Å²) in [4.78, 5) is 16.2. The predicted molar refractivity (Wildman–Crippen MR) is 71.2 cm³/mol. The summed E-state index contributed by atoms with van der Waals surface area (Å²) in [6, 6.07) is 3.93. The van der Waals surface area contributed by atoms with Crippen molar-refractivity contribution in [1.82, 2.24) is 4.90 Å². The van der Waals surface area contributed by atoms with Gasteiger partial charge in [-0.25, -0.2) is 0 Å². The Balaban J connectivity index is 2.06. The second-order valence-electron chi connectivity index (χ2n) is 4.38. The van der Waals surface area contributed by atoms with Gasteiger partial charge in [0.25, 0.3) is 5.91 Å². The van der Waals surface area contributed by atoms with Crippen LogP contribution in [0.25, 0.3) is 0 Å². The molecule has 18 heavy (non-hydrogen) atoms. The van der Waals surface area contributed by atoms with Gasteiger partial charge in [-0.15, -0.1) is 11.3 Å². The number of likely N-dealkylation sites (tertiary alicyclic amines) is 1. The molecule has 1 aromatic rings. The Bertz CT molecular complexity index is 406. The molecule has 1 aliphatic rings. The van der Waals surface area contributed by atoms with Crippen molar-refractivity contribution in [1.29, 1.82) is 0 Å². The molecule has 0 aliphatic carbocycles. The molecule has 2 atom stereocenters. The van der Waals surface area contributed by atoms with Gasteiger partial charge in [0.15, 0.2) is 0 Å². The molecule has 1 amide bonds. The van der Waals surface area contributed by atoms with E-state index in [2.05, 4.69) is 6.92 Å². The zero-order valence-corrected chi connectivity index (χ0v) is 11.8. The Labute approximate surface area is 111 Å². The van der Waals surface area contributed by atoms with E-state index < -0.39 is 0 Å². The molecular formula is C13H19NO3S. The van der Waals surface area contributed by atoms with E-state index in [9.17, 15) is 4.79 Å². The zero-order valence-electron chi connectivity index (χ0n) is 11.0. The van der Waals surface area contributed by atoms with E-state index in [-0.39, 0.29) is 18.1 Å². The van der Waals surface area contributed by atoms with E-state index in [1.165, 1.54) is 4.88 Å². The second-order valence-corrected chi connectivity index (χ2v) is 5.55. The lowest BCUT2D eigenvalue weighted by Gasteiger charge is -2.14. The van der Waals surface area contributed by atoms with Crippen LogP contribution in [0.1, 0.15) is 21.5 Å². The van der Waals surface area contributed by atoms with Gasteiger partial charge in [0.2, 0.25) is 0 Å². The van der Waals surface area contributed by atoms with Gasteiger partial charge in [0.05, 0.1) is 4.88 Å². The van der Waals surface area contributed by atoms with E-state index >= 15 is 0 Å². The molecule has 0 N–H and O–H groups in total. The second kappa shape index (κ2) is 5.82. The molecule has 100 valence electrons. The first-order valence-corrected chi connectivity index (χ1v) is 6.94. The van der Waals surface area contributed by atoms with Crippen molar-refractivity contribution >= 4 is 17.2 Å². The predicted octanol–water partition coefficient (Wildman–Crippen LogP) is 1.80. The molecule has 1 aliphatic heterocycles. The lowest BCUT2D eigenvalue weighted by atomic mass is 10.3. The Morgan fingerprint density at radius 1 is 1.33 bits per heavy atom. The molecule has 0 bridgehead atoms. The van der Waals surface area contributed by atoms with E-state index in [1.807, 2.05) is 17.0 Å². The van der Waals surface area contributed by atoms with E-state index in [1.54, 1.807) is 25.6 Å². The van der Waals surface area contributed by atoms with E-state index in [0.717, 1.165) is 11.3 Å². The Kier molecular flexibility index (Phi) is 4.37. The van der Waals surface area contributed by atoms with Gasteiger partial charge in [-0.2, -0.15) is 0 Å². The zero-order chi connectivity index (χ0) is 13.1. The van der Waals surface area contributed by atoms with Crippen LogP contribution < -0.4 is 0 Å². The van der Waals surface area contributed by atoms with Crippen molar-refractivity contribution < 1.29 is 14.3 Å². The molecule has 2 rings (SSSR count). The maximum Gasteiger partial charge on any atom is 0.264 e. The summed E-state index contributed by atoms with van der Waals surface area (Å²) >= 11 is 1.57. The minimum absolute atomic E-state index is 0.0236. The highest BCUT2D eigenvalue weighted by atomic mass is 32.1. The number of thiophene rings is 1. The van der Waals surface area contributed by atoms with Gasteiger partial charge in [-0.05, 0) is 18.6 Å². The lowest BCUT2D eigenvalue weighted by Crippen LogP contribution is -2.29. The number of ether oxygens (including phenoxy) is 2. The van der Waals surface area contributed by atoms with Crippen LogP contribution in [0.4, 0.5) is 0 Å². The first kappa shape index (κ1) is 13.5. The van der Waals surface area contributed by atoms with Crippen LogP contribution in [-0.4, -0.2) is 50.3 Å². The molecule has 0 aromatic carbocycles. The average Bonchev–Trinajstić information content (AvgIpc) is 3.03. The molecule has 0 spiro atoms. The van der Waals surface area contributed by atoms with Crippen LogP contribution in [0.2, 0.25) is 0 Å². The molecule has 1 saturated heterocycles. The number of nitrogens with zero attached hydrogens (tertiary/aromatic N) is 1. The summed E-state index contributed by atoms with van der Waals surface area (Å²) in [7, 11) is 3.32. The molecular weight excluding hydrogens is 250 g/mol. The third kappa shape index (κ3) is 2.58. The van der Waals surface area contributed by atoms with Crippen molar-refractivity contribution in [3.8, 4) is 0 Å². The van der Waals surface area contributed by atoms with Crippen LogP contribution in [0.3, 0.4) is 0 Å². The first-order chi connectivity index (χ1) is 8.69. The number of hydrogen-bond acceptors (Lipinski definition) is 4. The fourth-order valence-corrected chi connectivity index (χ4v) is 3.12. The number of carbonyl (C=O) groups excluding carboxylic acids is 1. The number of rotatable bonds is 4. The van der Waals surface area contributed by atoms with Crippen molar-refractivity contribution in [3.05, 3.63) is 21.9 Å². The van der Waals surface area contributed by atoms with Crippen molar-refractivity contribution in [2.45, 2.75) is 25.6 Å². The van der Waals surface area contributed by atoms with E-state index in [0.29, 0.717) is 13.1 Å². The van der Waals surface area contributed by atoms with E-state index in [4.69, 9.17) is 9.47 Å². The number of methoxy groups -OCH3 is 2. The van der Waals surface area contributed by atoms with Crippen LogP contribution >= 0.6 is 11.3 Å². The maximum absolute atomic E-state index is 12.3. The van der Waals surface area contributed by atoms with Gasteiger partial charge in [0, 0.05) is 32.2 Å². The van der Waals surface area contributed by atoms with Crippen molar-refractivity contribution in [3.63, 3.8) is 0 Å². The fraction of sp³-hybridized carbons (Fsp3) is 0.615. The number of carbonyl (C=O) groups is 1. The summed E-state index contributed by atoms with van der Waals surface area (Å²) < 4.78 is 10.7. The topological polar surface area (TPSA) is 38.8 Å². The van der Waals surface area contributed by atoms with Crippen molar-refractivity contribution in [2.75, 3.05) is 27.3 Å². The standard InChI is InChI=1S/C13H19NO3S/c1-4-9-5-6-12(18-9)13(15)14-7-10(16-2)11(8-14)17-3/h5-6,10-11H,4,7-8H2,1-3H3.